The van der Waals surface area contributed by atoms with E-state index in [1.54, 1.807) is 24.3 Å². The lowest BCUT2D eigenvalue weighted by molar-refractivity contribution is -0.137. The number of amides is 2. The Morgan fingerprint density at radius 1 is 1.35 bits per heavy atom. The quantitative estimate of drug-likeness (QED) is 0.810. The first-order valence-electron chi connectivity index (χ1n) is 6.99. The van der Waals surface area contributed by atoms with E-state index in [0.717, 1.165) is 9.48 Å². The average molecular weight is 382 g/mol. The van der Waals surface area contributed by atoms with Crippen LogP contribution in [0.5, 0.6) is 0 Å². The predicted molar refractivity (Wildman–Crippen MR) is 86.7 cm³/mol. The van der Waals surface area contributed by atoms with E-state index in [4.69, 9.17) is 5.11 Å². The minimum atomic E-state index is -1.02. The van der Waals surface area contributed by atoms with Gasteiger partial charge in [0.05, 0.1) is 12.5 Å². The Hall–Kier alpha value is -2.22. The molecule has 0 aromatic heterocycles. The van der Waals surface area contributed by atoms with Crippen LogP contribution in [0.2, 0.25) is 0 Å². The molecule has 0 spiro atoms. The Morgan fingerprint density at radius 3 is 2.57 bits per heavy atom. The highest BCUT2D eigenvalue weighted by Gasteiger charge is 2.25. The molecule has 2 amide bonds. The van der Waals surface area contributed by atoms with Crippen molar-refractivity contribution >= 4 is 39.4 Å². The number of nitrogens with one attached hydrogen (secondary N) is 1. The third-order valence-corrected chi connectivity index (χ3v) is 3.95. The van der Waals surface area contributed by atoms with Gasteiger partial charge in [-0.1, -0.05) is 28.1 Å². The van der Waals surface area contributed by atoms with E-state index in [1.165, 1.54) is 7.05 Å². The van der Waals surface area contributed by atoms with Crippen molar-refractivity contribution in [2.75, 3.05) is 7.05 Å². The largest absolute Gasteiger partial charge is 0.481 e. The van der Waals surface area contributed by atoms with Crippen molar-refractivity contribution in [2.24, 2.45) is 5.10 Å². The Balaban J connectivity index is 2.16. The van der Waals surface area contributed by atoms with Crippen molar-refractivity contribution in [1.82, 2.24) is 10.3 Å². The molecule has 122 valence electrons. The molecule has 0 fully saturated rings. The summed E-state index contributed by atoms with van der Waals surface area (Å²) in [5.41, 5.74) is 0.907. The molecule has 2 rings (SSSR count). The van der Waals surface area contributed by atoms with E-state index in [0.29, 0.717) is 5.56 Å². The van der Waals surface area contributed by atoms with Gasteiger partial charge in [-0.05, 0) is 17.7 Å². The highest BCUT2D eigenvalue weighted by Crippen LogP contribution is 2.20. The molecular weight excluding hydrogens is 366 g/mol. The van der Waals surface area contributed by atoms with Gasteiger partial charge in [-0.2, -0.15) is 5.10 Å². The van der Waals surface area contributed by atoms with Gasteiger partial charge in [0.1, 0.15) is 5.71 Å². The SMILES string of the molecule is CN1N=C(C(=O)NC(CC(=O)O)c2ccc(Br)cc2)CCC1=O. The fraction of sp³-hybridized carbons (Fsp3) is 0.333. The van der Waals surface area contributed by atoms with E-state index >= 15 is 0 Å². The molecule has 2 N–H and O–H groups in total. The first-order valence-corrected chi connectivity index (χ1v) is 7.78. The van der Waals surface area contributed by atoms with E-state index < -0.39 is 17.9 Å². The summed E-state index contributed by atoms with van der Waals surface area (Å²) in [6, 6.07) is 6.38. The van der Waals surface area contributed by atoms with Crippen LogP contribution in [0, 0.1) is 0 Å². The molecule has 7 nitrogen and oxygen atoms in total. The average Bonchev–Trinajstić information content (AvgIpc) is 2.49. The van der Waals surface area contributed by atoms with Crippen molar-refractivity contribution < 1.29 is 19.5 Å². The van der Waals surface area contributed by atoms with Crippen LogP contribution in [0.15, 0.2) is 33.8 Å². The molecule has 1 unspecified atom stereocenters. The molecule has 0 saturated carbocycles. The lowest BCUT2D eigenvalue weighted by atomic mass is 10.0. The molecule has 0 radical (unpaired) electrons. The van der Waals surface area contributed by atoms with Gasteiger partial charge in [-0.25, -0.2) is 5.01 Å². The first kappa shape index (κ1) is 17.1. The van der Waals surface area contributed by atoms with Crippen molar-refractivity contribution in [3.63, 3.8) is 0 Å². The third kappa shape index (κ3) is 4.62. The number of hydrogen-bond donors (Lipinski definition) is 2. The summed E-state index contributed by atoms with van der Waals surface area (Å²) in [6.07, 6.45) is 0.217. The number of rotatable bonds is 5. The van der Waals surface area contributed by atoms with Crippen LogP contribution in [0.3, 0.4) is 0 Å². The lowest BCUT2D eigenvalue weighted by Crippen LogP contribution is -2.39. The number of carboxylic acid groups (broad SMARTS) is 1. The Bertz CT molecular complexity index is 657. The number of carboxylic acids is 1. The molecule has 23 heavy (non-hydrogen) atoms. The van der Waals surface area contributed by atoms with Gasteiger partial charge in [0.2, 0.25) is 5.91 Å². The molecule has 1 aromatic carbocycles. The third-order valence-electron chi connectivity index (χ3n) is 3.43. The molecule has 0 bridgehead atoms. The smallest absolute Gasteiger partial charge is 0.305 e. The van der Waals surface area contributed by atoms with Crippen LogP contribution >= 0.6 is 15.9 Å². The second-order valence-corrected chi connectivity index (χ2v) is 6.06. The standard InChI is InChI=1S/C15H16BrN3O4/c1-19-13(20)7-6-11(18-19)15(23)17-12(8-14(21)22)9-2-4-10(16)5-3-9/h2-5,12H,6-8H2,1H3,(H,17,23)(H,21,22). The molecule has 1 atom stereocenters. The van der Waals surface area contributed by atoms with Gasteiger partial charge in [0, 0.05) is 24.4 Å². The first-order chi connectivity index (χ1) is 10.9. The predicted octanol–water partition coefficient (Wildman–Crippen LogP) is 1.69. The summed E-state index contributed by atoms with van der Waals surface area (Å²) in [6.45, 7) is 0. The van der Waals surface area contributed by atoms with Gasteiger partial charge in [0.25, 0.3) is 5.91 Å². The maximum atomic E-state index is 12.3. The normalized spacial score (nSPS) is 15.8. The zero-order valence-electron chi connectivity index (χ0n) is 12.5. The second kappa shape index (κ2) is 7.36. The number of hydrazone groups is 1. The fourth-order valence-corrected chi connectivity index (χ4v) is 2.46. The van der Waals surface area contributed by atoms with Crippen LogP contribution in [-0.4, -0.2) is 40.7 Å². The van der Waals surface area contributed by atoms with Gasteiger partial charge < -0.3 is 10.4 Å². The van der Waals surface area contributed by atoms with E-state index in [2.05, 4.69) is 26.3 Å². The Morgan fingerprint density at radius 2 is 2.00 bits per heavy atom. The molecule has 8 heteroatoms. The van der Waals surface area contributed by atoms with Crippen molar-refractivity contribution in [3.05, 3.63) is 34.3 Å². The number of halogens is 1. The Labute approximate surface area is 141 Å². The van der Waals surface area contributed by atoms with E-state index in [-0.39, 0.29) is 30.9 Å². The minimum Gasteiger partial charge on any atom is -0.481 e. The summed E-state index contributed by atoms with van der Waals surface area (Å²) >= 11 is 3.31. The van der Waals surface area contributed by atoms with Gasteiger partial charge in [-0.3, -0.25) is 14.4 Å². The molecule has 0 aliphatic carbocycles. The van der Waals surface area contributed by atoms with Crippen molar-refractivity contribution in [1.29, 1.82) is 0 Å². The molecule has 1 aliphatic rings. The molecule has 0 saturated heterocycles. The van der Waals surface area contributed by atoms with Crippen LogP contribution in [-0.2, 0) is 14.4 Å². The molecule has 1 aliphatic heterocycles. The number of carbonyl (C=O) groups excluding carboxylic acids is 2. The van der Waals surface area contributed by atoms with Gasteiger partial charge in [-0.15, -0.1) is 0 Å². The van der Waals surface area contributed by atoms with E-state index in [9.17, 15) is 14.4 Å². The zero-order chi connectivity index (χ0) is 17.0. The Kier molecular flexibility index (Phi) is 5.49. The summed E-state index contributed by atoms with van der Waals surface area (Å²) in [7, 11) is 1.48. The summed E-state index contributed by atoms with van der Waals surface area (Å²) in [4.78, 5) is 34.7. The zero-order valence-corrected chi connectivity index (χ0v) is 14.0. The maximum absolute atomic E-state index is 12.3. The van der Waals surface area contributed by atoms with Crippen LogP contribution in [0.4, 0.5) is 0 Å². The number of benzene rings is 1. The fourth-order valence-electron chi connectivity index (χ4n) is 2.20. The van der Waals surface area contributed by atoms with Crippen LogP contribution in [0.25, 0.3) is 0 Å². The lowest BCUT2D eigenvalue weighted by Gasteiger charge is -2.22. The number of nitrogens with zero attached hydrogens (tertiary/aromatic N) is 2. The second-order valence-electron chi connectivity index (χ2n) is 5.14. The number of hydrogen-bond acceptors (Lipinski definition) is 4. The topological polar surface area (TPSA) is 99.1 Å². The highest BCUT2D eigenvalue weighted by atomic mass is 79.9. The number of aliphatic carboxylic acids is 1. The van der Waals surface area contributed by atoms with Crippen molar-refractivity contribution in [3.8, 4) is 0 Å². The molecular formula is C15H16BrN3O4. The minimum absolute atomic E-state index is 0.156. The van der Waals surface area contributed by atoms with Gasteiger partial charge >= 0.3 is 5.97 Å². The molecule has 1 heterocycles. The van der Waals surface area contributed by atoms with Gasteiger partial charge in [0.15, 0.2) is 0 Å². The maximum Gasteiger partial charge on any atom is 0.305 e. The van der Waals surface area contributed by atoms with Crippen LogP contribution in [0.1, 0.15) is 30.9 Å². The monoisotopic (exact) mass is 381 g/mol. The summed E-state index contributed by atoms with van der Waals surface area (Å²) < 4.78 is 0.860. The highest BCUT2D eigenvalue weighted by molar-refractivity contribution is 9.10. The van der Waals surface area contributed by atoms with Crippen molar-refractivity contribution in [2.45, 2.75) is 25.3 Å². The summed E-state index contributed by atoms with van der Waals surface area (Å²) in [5, 5.41) is 16.8. The molecule has 1 aromatic rings. The van der Waals surface area contributed by atoms with Crippen LogP contribution < -0.4 is 5.32 Å². The summed E-state index contributed by atoms with van der Waals surface area (Å²) in [5.74, 6) is -1.63. The van der Waals surface area contributed by atoms with E-state index in [1.807, 2.05) is 0 Å². The number of carbonyl (C=O) groups is 3.